The predicted octanol–water partition coefficient (Wildman–Crippen LogP) is 3.43. The summed E-state index contributed by atoms with van der Waals surface area (Å²) >= 11 is 1.63. The van der Waals surface area contributed by atoms with Crippen LogP contribution < -0.4 is 5.73 Å². The molecule has 3 nitrogen and oxygen atoms in total. The topological polar surface area (TPSA) is 43.8 Å². The molecule has 5 heteroatoms. The number of thiophene rings is 1. The van der Waals surface area contributed by atoms with Crippen LogP contribution >= 0.6 is 11.3 Å². The zero-order chi connectivity index (χ0) is 12.7. The first-order valence-electron chi connectivity index (χ1n) is 5.62. The predicted molar refractivity (Wildman–Crippen MR) is 72.2 cm³/mol. The average Bonchev–Trinajstić information content (AvgIpc) is 2.96. The Morgan fingerprint density at radius 3 is 2.94 bits per heavy atom. The van der Waals surface area contributed by atoms with Gasteiger partial charge in [0.25, 0.3) is 0 Å². The van der Waals surface area contributed by atoms with Gasteiger partial charge in [0.2, 0.25) is 5.95 Å². The standard InChI is InChI=1S/C13H12FN3S/c1-8(9-5-6-18-7-9)17-11-4-2-3-10(14)12(11)16-13(17)15/h2-8H,1H3,(H2,15,16). The number of aromatic nitrogens is 2. The quantitative estimate of drug-likeness (QED) is 0.768. The van der Waals surface area contributed by atoms with E-state index in [9.17, 15) is 4.39 Å². The Morgan fingerprint density at radius 1 is 1.39 bits per heavy atom. The van der Waals surface area contributed by atoms with Gasteiger partial charge in [-0.15, -0.1) is 0 Å². The number of anilines is 1. The first-order chi connectivity index (χ1) is 8.68. The number of hydrogen-bond acceptors (Lipinski definition) is 3. The van der Waals surface area contributed by atoms with Crippen molar-refractivity contribution in [3.63, 3.8) is 0 Å². The van der Waals surface area contributed by atoms with Crippen molar-refractivity contribution in [3.8, 4) is 0 Å². The van der Waals surface area contributed by atoms with Gasteiger partial charge in [0, 0.05) is 0 Å². The number of para-hydroxylation sites is 1. The fourth-order valence-electron chi connectivity index (χ4n) is 2.17. The van der Waals surface area contributed by atoms with E-state index in [1.165, 1.54) is 6.07 Å². The van der Waals surface area contributed by atoms with Gasteiger partial charge >= 0.3 is 0 Å². The van der Waals surface area contributed by atoms with E-state index in [1.54, 1.807) is 17.4 Å². The summed E-state index contributed by atoms with van der Waals surface area (Å²) in [7, 11) is 0. The van der Waals surface area contributed by atoms with Gasteiger partial charge in [-0.1, -0.05) is 6.07 Å². The number of nitrogens with two attached hydrogens (primary N) is 1. The van der Waals surface area contributed by atoms with Crippen molar-refractivity contribution < 1.29 is 4.39 Å². The molecule has 0 saturated carbocycles. The van der Waals surface area contributed by atoms with Gasteiger partial charge < -0.3 is 10.3 Å². The van der Waals surface area contributed by atoms with Gasteiger partial charge in [-0.3, -0.25) is 0 Å². The molecule has 2 heterocycles. The Balaban J connectivity index is 2.23. The van der Waals surface area contributed by atoms with Crippen molar-refractivity contribution >= 4 is 28.3 Å². The van der Waals surface area contributed by atoms with Crippen molar-refractivity contribution in [1.82, 2.24) is 9.55 Å². The SMILES string of the molecule is CC(c1ccsc1)n1c(N)nc2c(F)cccc21. The molecule has 1 unspecified atom stereocenters. The molecule has 0 aliphatic rings. The van der Waals surface area contributed by atoms with E-state index >= 15 is 0 Å². The van der Waals surface area contributed by atoms with Gasteiger partial charge in [-0.05, 0) is 41.4 Å². The van der Waals surface area contributed by atoms with Gasteiger partial charge in [0.05, 0.1) is 11.6 Å². The Labute approximate surface area is 108 Å². The average molecular weight is 261 g/mol. The molecule has 18 heavy (non-hydrogen) atoms. The zero-order valence-corrected chi connectivity index (χ0v) is 10.6. The minimum absolute atomic E-state index is 0.0445. The first-order valence-corrected chi connectivity index (χ1v) is 6.57. The van der Waals surface area contributed by atoms with E-state index in [4.69, 9.17) is 5.73 Å². The highest BCUT2D eigenvalue weighted by Gasteiger charge is 2.17. The van der Waals surface area contributed by atoms with E-state index in [0.29, 0.717) is 11.5 Å². The van der Waals surface area contributed by atoms with Crippen LogP contribution in [0.5, 0.6) is 0 Å². The Hall–Kier alpha value is -1.88. The van der Waals surface area contributed by atoms with E-state index in [0.717, 1.165) is 11.1 Å². The van der Waals surface area contributed by atoms with E-state index in [1.807, 2.05) is 29.0 Å². The monoisotopic (exact) mass is 261 g/mol. The van der Waals surface area contributed by atoms with Crippen LogP contribution in [-0.4, -0.2) is 9.55 Å². The summed E-state index contributed by atoms with van der Waals surface area (Å²) in [5.74, 6) is 0.00395. The van der Waals surface area contributed by atoms with Crippen LogP contribution in [0.3, 0.4) is 0 Å². The fourth-order valence-corrected chi connectivity index (χ4v) is 2.92. The molecular formula is C13H12FN3S. The van der Waals surface area contributed by atoms with Gasteiger partial charge in [-0.25, -0.2) is 9.37 Å². The normalized spacial score (nSPS) is 13.0. The smallest absolute Gasteiger partial charge is 0.201 e. The Bertz CT molecular complexity index is 688. The molecule has 0 aliphatic carbocycles. The third kappa shape index (κ3) is 1.59. The summed E-state index contributed by atoms with van der Waals surface area (Å²) in [4.78, 5) is 4.11. The Morgan fingerprint density at radius 2 is 2.22 bits per heavy atom. The maximum atomic E-state index is 13.7. The number of benzene rings is 1. The van der Waals surface area contributed by atoms with Crippen LogP contribution in [-0.2, 0) is 0 Å². The maximum Gasteiger partial charge on any atom is 0.201 e. The molecule has 0 amide bonds. The van der Waals surface area contributed by atoms with Gasteiger partial charge in [0.15, 0.2) is 5.82 Å². The van der Waals surface area contributed by atoms with E-state index in [2.05, 4.69) is 10.4 Å². The molecule has 2 aromatic heterocycles. The minimum Gasteiger partial charge on any atom is -0.369 e. The number of imidazole rings is 1. The number of nitrogens with zero attached hydrogens (tertiary/aromatic N) is 2. The third-order valence-corrected chi connectivity index (χ3v) is 3.81. The second-order valence-corrected chi connectivity index (χ2v) is 4.96. The highest BCUT2D eigenvalue weighted by atomic mass is 32.1. The van der Waals surface area contributed by atoms with Crippen molar-refractivity contribution in [2.24, 2.45) is 0 Å². The number of rotatable bonds is 2. The highest BCUT2D eigenvalue weighted by molar-refractivity contribution is 7.07. The third-order valence-electron chi connectivity index (χ3n) is 3.11. The molecule has 0 aliphatic heterocycles. The minimum atomic E-state index is -0.338. The molecule has 0 saturated heterocycles. The fraction of sp³-hybridized carbons (Fsp3) is 0.154. The van der Waals surface area contributed by atoms with E-state index in [-0.39, 0.29) is 11.9 Å². The molecule has 3 aromatic rings. The number of halogens is 1. The first kappa shape index (κ1) is 11.2. The summed E-state index contributed by atoms with van der Waals surface area (Å²) in [5.41, 5.74) is 8.12. The molecule has 2 N–H and O–H groups in total. The lowest BCUT2D eigenvalue weighted by atomic mass is 10.1. The Kier molecular flexibility index (Phi) is 2.56. The largest absolute Gasteiger partial charge is 0.369 e. The number of hydrogen-bond donors (Lipinski definition) is 1. The summed E-state index contributed by atoms with van der Waals surface area (Å²) in [6, 6.07) is 7.00. The molecule has 0 bridgehead atoms. The van der Waals surface area contributed by atoms with Crippen molar-refractivity contribution in [1.29, 1.82) is 0 Å². The van der Waals surface area contributed by atoms with Gasteiger partial charge in [-0.2, -0.15) is 11.3 Å². The van der Waals surface area contributed by atoms with Crippen LogP contribution in [0.15, 0.2) is 35.0 Å². The summed E-state index contributed by atoms with van der Waals surface area (Å²) in [6.45, 7) is 2.03. The lowest BCUT2D eigenvalue weighted by Crippen LogP contribution is -2.09. The number of fused-ring (bicyclic) bond motifs is 1. The number of nitrogen functional groups attached to an aromatic ring is 1. The van der Waals surface area contributed by atoms with Crippen LogP contribution in [0.2, 0.25) is 0 Å². The van der Waals surface area contributed by atoms with Crippen molar-refractivity contribution in [2.45, 2.75) is 13.0 Å². The second kappa shape index (κ2) is 4.10. The summed E-state index contributed by atoms with van der Waals surface area (Å²) < 4.78 is 15.5. The molecule has 3 rings (SSSR count). The molecule has 0 spiro atoms. The molecule has 0 fully saturated rings. The van der Waals surface area contributed by atoms with Crippen LogP contribution in [0, 0.1) is 5.82 Å². The molecular weight excluding hydrogens is 249 g/mol. The van der Waals surface area contributed by atoms with Crippen LogP contribution in [0.1, 0.15) is 18.5 Å². The molecule has 0 radical (unpaired) electrons. The lowest BCUT2D eigenvalue weighted by Gasteiger charge is -2.14. The molecule has 1 atom stereocenters. The van der Waals surface area contributed by atoms with Crippen LogP contribution in [0.25, 0.3) is 11.0 Å². The van der Waals surface area contributed by atoms with Crippen molar-refractivity contribution in [2.75, 3.05) is 5.73 Å². The highest BCUT2D eigenvalue weighted by Crippen LogP contribution is 2.29. The van der Waals surface area contributed by atoms with Gasteiger partial charge in [0.1, 0.15) is 5.52 Å². The second-order valence-electron chi connectivity index (χ2n) is 4.18. The summed E-state index contributed by atoms with van der Waals surface area (Å²) in [6.07, 6.45) is 0. The lowest BCUT2D eigenvalue weighted by molar-refractivity contribution is 0.636. The van der Waals surface area contributed by atoms with Crippen LogP contribution in [0.4, 0.5) is 10.3 Å². The van der Waals surface area contributed by atoms with Crippen molar-refractivity contribution in [3.05, 3.63) is 46.4 Å². The maximum absolute atomic E-state index is 13.7. The molecule has 92 valence electrons. The van der Waals surface area contributed by atoms with E-state index < -0.39 is 0 Å². The molecule has 1 aromatic carbocycles. The zero-order valence-electron chi connectivity index (χ0n) is 9.80. The summed E-state index contributed by atoms with van der Waals surface area (Å²) in [5, 5.41) is 4.08.